The highest BCUT2D eigenvalue weighted by atomic mass is 79.9. The van der Waals surface area contributed by atoms with Gasteiger partial charge < -0.3 is 0 Å². The van der Waals surface area contributed by atoms with E-state index in [0.717, 1.165) is 5.92 Å². The van der Waals surface area contributed by atoms with Gasteiger partial charge in [-0.15, -0.1) is 11.3 Å². The molecule has 1 unspecified atom stereocenters. The van der Waals surface area contributed by atoms with E-state index in [2.05, 4.69) is 62.7 Å². The molecule has 0 saturated heterocycles. The van der Waals surface area contributed by atoms with Crippen molar-refractivity contribution in [1.29, 1.82) is 0 Å². The molecule has 0 spiro atoms. The molecule has 1 rings (SSSR count). The summed E-state index contributed by atoms with van der Waals surface area (Å²) in [7, 11) is 0. The van der Waals surface area contributed by atoms with Crippen molar-refractivity contribution in [1.82, 2.24) is 0 Å². The maximum Gasteiger partial charge on any atom is 0.0489 e. The van der Waals surface area contributed by atoms with Gasteiger partial charge in [0.15, 0.2) is 0 Å². The van der Waals surface area contributed by atoms with Crippen LogP contribution in [0, 0.1) is 5.92 Å². The first-order chi connectivity index (χ1) is 7.30. The standard InChI is InChI=1S/C14H23BrS/c1-10(2)6-7-11(15)12-8-9-13(16-12)14(3,4)5/h8-11H,6-7H2,1-5H3. The van der Waals surface area contributed by atoms with Gasteiger partial charge in [0.2, 0.25) is 0 Å². The summed E-state index contributed by atoms with van der Waals surface area (Å²) >= 11 is 5.76. The molecule has 1 aromatic rings. The minimum absolute atomic E-state index is 0.285. The molecule has 1 heterocycles. The van der Waals surface area contributed by atoms with Crippen molar-refractivity contribution in [3.05, 3.63) is 21.9 Å². The van der Waals surface area contributed by atoms with Crippen LogP contribution < -0.4 is 0 Å². The molecule has 0 radical (unpaired) electrons. The Kier molecular flexibility index (Phi) is 5.06. The van der Waals surface area contributed by atoms with Crippen LogP contribution >= 0.6 is 27.3 Å². The normalized spacial score (nSPS) is 14.4. The first-order valence-electron chi connectivity index (χ1n) is 6.05. The summed E-state index contributed by atoms with van der Waals surface area (Å²) in [4.78, 5) is 3.50. The van der Waals surface area contributed by atoms with Crippen molar-refractivity contribution < 1.29 is 0 Å². The number of alkyl halides is 1. The van der Waals surface area contributed by atoms with Crippen molar-refractivity contribution in [2.75, 3.05) is 0 Å². The molecule has 92 valence electrons. The Morgan fingerprint density at radius 1 is 1.19 bits per heavy atom. The highest BCUT2D eigenvalue weighted by Crippen LogP contribution is 2.37. The molecule has 1 aromatic heterocycles. The zero-order valence-electron chi connectivity index (χ0n) is 11.0. The van der Waals surface area contributed by atoms with Gasteiger partial charge in [0.05, 0.1) is 0 Å². The maximum absolute atomic E-state index is 3.80. The molecular formula is C14H23BrS. The fraction of sp³-hybridized carbons (Fsp3) is 0.714. The van der Waals surface area contributed by atoms with Crippen LogP contribution in [0.25, 0.3) is 0 Å². The first-order valence-corrected chi connectivity index (χ1v) is 7.78. The Hall–Kier alpha value is 0.180. The second-order valence-electron chi connectivity index (χ2n) is 5.89. The summed E-state index contributed by atoms with van der Waals surface area (Å²) in [5, 5.41) is 0. The van der Waals surface area contributed by atoms with Gasteiger partial charge in [0.25, 0.3) is 0 Å². The van der Waals surface area contributed by atoms with E-state index in [1.54, 1.807) is 0 Å². The minimum Gasteiger partial charge on any atom is -0.144 e. The first kappa shape index (κ1) is 14.2. The predicted molar refractivity (Wildman–Crippen MR) is 78.8 cm³/mol. The summed E-state index contributed by atoms with van der Waals surface area (Å²) in [6.07, 6.45) is 2.53. The van der Waals surface area contributed by atoms with Crippen molar-refractivity contribution in [2.24, 2.45) is 5.92 Å². The molecule has 0 nitrogen and oxygen atoms in total. The Morgan fingerprint density at radius 3 is 2.25 bits per heavy atom. The van der Waals surface area contributed by atoms with Crippen LogP contribution in [0.15, 0.2) is 12.1 Å². The second-order valence-corrected chi connectivity index (χ2v) is 8.11. The van der Waals surface area contributed by atoms with Crippen LogP contribution in [-0.2, 0) is 5.41 Å². The monoisotopic (exact) mass is 302 g/mol. The van der Waals surface area contributed by atoms with E-state index in [9.17, 15) is 0 Å². The SMILES string of the molecule is CC(C)CCC(Br)c1ccc(C(C)(C)C)s1. The average Bonchev–Trinajstić information content (AvgIpc) is 2.61. The summed E-state index contributed by atoms with van der Waals surface area (Å²) in [6, 6.07) is 4.56. The fourth-order valence-corrected chi connectivity index (χ4v) is 3.32. The molecule has 0 amide bonds. The van der Waals surface area contributed by atoms with Crippen LogP contribution in [0.4, 0.5) is 0 Å². The minimum atomic E-state index is 0.285. The Balaban J connectivity index is 2.63. The third kappa shape index (κ3) is 4.21. The van der Waals surface area contributed by atoms with Gasteiger partial charge in [-0.3, -0.25) is 0 Å². The van der Waals surface area contributed by atoms with Gasteiger partial charge in [-0.1, -0.05) is 50.5 Å². The lowest BCUT2D eigenvalue weighted by Gasteiger charge is -2.15. The third-order valence-corrected chi connectivity index (χ3v) is 5.55. The molecule has 1 atom stereocenters. The molecule has 2 heteroatoms. The van der Waals surface area contributed by atoms with E-state index >= 15 is 0 Å². The predicted octanol–water partition coefficient (Wildman–Crippen LogP) is 5.92. The molecule has 0 fully saturated rings. The van der Waals surface area contributed by atoms with Crippen LogP contribution in [-0.4, -0.2) is 0 Å². The van der Waals surface area contributed by atoms with Gasteiger partial charge in [-0.2, -0.15) is 0 Å². The zero-order chi connectivity index (χ0) is 12.3. The quantitative estimate of drug-likeness (QED) is 0.606. The smallest absolute Gasteiger partial charge is 0.0489 e. The van der Waals surface area contributed by atoms with Crippen LogP contribution in [0.5, 0.6) is 0 Å². The lowest BCUT2D eigenvalue weighted by atomic mass is 9.95. The van der Waals surface area contributed by atoms with Gasteiger partial charge >= 0.3 is 0 Å². The van der Waals surface area contributed by atoms with Gasteiger partial charge in [-0.05, 0) is 36.3 Å². The van der Waals surface area contributed by atoms with E-state index in [-0.39, 0.29) is 5.41 Å². The molecule has 0 bridgehead atoms. The molecule has 0 saturated carbocycles. The van der Waals surface area contributed by atoms with Crippen LogP contribution in [0.3, 0.4) is 0 Å². The number of rotatable bonds is 4. The van der Waals surface area contributed by atoms with Crippen molar-refractivity contribution in [3.63, 3.8) is 0 Å². The summed E-state index contributed by atoms with van der Waals surface area (Å²) in [5.41, 5.74) is 0.285. The third-order valence-electron chi connectivity index (χ3n) is 2.67. The van der Waals surface area contributed by atoms with E-state index in [4.69, 9.17) is 0 Å². The zero-order valence-corrected chi connectivity index (χ0v) is 13.4. The van der Waals surface area contributed by atoms with E-state index in [1.807, 2.05) is 11.3 Å². The van der Waals surface area contributed by atoms with Gasteiger partial charge in [-0.25, -0.2) is 0 Å². The molecule has 0 aromatic carbocycles. The van der Waals surface area contributed by atoms with Crippen molar-refractivity contribution in [2.45, 2.75) is 57.7 Å². The van der Waals surface area contributed by atoms with Crippen molar-refractivity contribution in [3.8, 4) is 0 Å². The molecule has 0 aliphatic heterocycles. The van der Waals surface area contributed by atoms with E-state index < -0.39 is 0 Å². The molecule has 16 heavy (non-hydrogen) atoms. The van der Waals surface area contributed by atoms with Crippen LogP contribution in [0.2, 0.25) is 0 Å². The maximum atomic E-state index is 3.80. The van der Waals surface area contributed by atoms with Crippen molar-refractivity contribution >= 4 is 27.3 Å². The second kappa shape index (κ2) is 5.68. The lowest BCUT2D eigenvalue weighted by Crippen LogP contribution is -2.07. The number of hydrogen-bond donors (Lipinski definition) is 0. The fourth-order valence-electron chi connectivity index (χ4n) is 1.55. The van der Waals surface area contributed by atoms with Gasteiger partial charge in [0, 0.05) is 14.6 Å². The number of thiophene rings is 1. The Labute approximate surface area is 113 Å². The van der Waals surface area contributed by atoms with Gasteiger partial charge in [0.1, 0.15) is 0 Å². The Bertz CT molecular complexity index is 320. The average molecular weight is 303 g/mol. The molecular weight excluding hydrogens is 280 g/mol. The van der Waals surface area contributed by atoms with Crippen LogP contribution in [0.1, 0.15) is 62.0 Å². The number of hydrogen-bond acceptors (Lipinski definition) is 1. The highest BCUT2D eigenvalue weighted by Gasteiger charge is 2.18. The largest absolute Gasteiger partial charge is 0.144 e. The number of halogens is 1. The molecule has 0 aliphatic carbocycles. The highest BCUT2D eigenvalue weighted by molar-refractivity contribution is 9.09. The topological polar surface area (TPSA) is 0 Å². The summed E-state index contributed by atoms with van der Waals surface area (Å²) in [5.74, 6) is 0.794. The molecule has 0 N–H and O–H groups in total. The lowest BCUT2D eigenvalue weighted by molar-refractivity contribution is 0.556. The summed E-state index contributed by atoms with van der Waals surface area (Å²) in [6.45, 7) is 11.4. The summed E-state index contributed by atoms with van der Waals surface area (Å²) < 4.78 is 0. The van der Waals surface area contributed by atoms with E-state index in [0.29, 0.717) is 4.83 Å². The van der Waals surface area contributed by atoms with E-state index in [1.165, 1.54) is 22.6 Å². The molecule has 0 aliphatic rings. The Morgan fingerprint density at radius 2 is 1.81 bits per heavy atom.